The first-order valence-electron chi connectivity index (χ1n) is 7.34. The van der Waals surface area contributed by atoms with Crippen molar-refractivity contribution < 1.29 is 9.59 Å². The molecule has 5 rings (SSSR count). The average Bonchev–Trinajstić information content (AvgIpc) is 3.19. The molecule has 2 aromatic heterocycles. The van der Waals surface area contributed by atoms with E-state index in [1.807, 2.05) is 47.2 Å². The molecule has 0 saturated heterocycles. The number of anilines is 2. The molecule has 4 nitrogen and oxygen atoms in total. The summed E-state index contributed by atoms with van der Waals surface area (Å²) in [5.74, 6) is -0.424. The van der Waals surface area contributed by atoms with Crippen LogP contribution in [-0.2, 0) is 0 Å². The van der Waals surface area contributed by atoms with Crippen molar-refractivity contribution in [1.29, 1.82) is 0 Å². The van der Waals surface area contributed by atoms with Crippen molar-refractivity contribution in [3.63, 3.8) is 0 Å². The monoisotopic (exact) mass is 350 g/mol. The fourth-order valence-corrected chi connectivity index (χ4v) is 4.60. The molecule has 0 atom stereocenters. The summed E-state index contributed by atoms with van der Waals surface area (Å²) in [7, 11) is 0. The Morgan fingerprint density at radius 3 is 1.58 bits per heavy atom. The van der Waals surface area contributed by atoms with Crippen LogP contribution < -0.4 is 10.6 Å². The highest BCUT2D eigenvalue weighted by Gasteiger charge is 2.23. The number of carbonyl (C=O) groups is 2. The molecular weight excluding hydrogens is 340 g/mol. The smallest absolute Gasteiger partial charge is 0.257 e. The van der Waals surface area contributed by atoms with E-state index in [9.17, 15) is 9.59 Å². The fourth-order valence-electron chi connectivity index (χ4n) is 2.98. The van der Waals surface area contributed by atoms with Crippen LogP contribution in [-0.4, -0.2) is 11.8 Å². The zero-order valence-corrected chi connectivity index (χ0v) is 13.9. The Morgan fingerprint density at radius 1 is 0.667 bits per heavy atom. The number of rotatable bonds is 0. The Bertz CT molecular complexity index is 1060. The number of thiophene rings is 2. The van der Waals surface area contributed by atoms with Gasteiger partial charge >= 0.3 is 0 Å². The highest BCUT2D eigenvalue weighted by Crippen LogP contribution is 2.33. The molecule has 0 bridgehead atoms. The Hall–Kier alpha value is -2.70. The van der Waals surface area contributed by atoms with Crippen LogP contribution in [0.3, 0.4) is 0 Å². The summed E-state index contributed by atoms with van der Waals surface area (Å²) in [6.45, 7) is 0. The van der Waals surface area contributed by atoms with Crippen LogP contribution in [0, 0.1) is 0 Å². The van der Waals surface area contributed by atoms with E-state index < -0.39 is 0 Å². The maximum absolute atomic E-state index is 12.7. The molecule has 0 aliphatic carbocycles. The van der Waals surface area contributed by atoms with Crippen LogP contribution in [0.4, 0.5) is 11.4 Å². The highest BCUT2D eigenvalue weighted by atomic mass is 32.1. The number of carbonyl (C=O) groups excluding carboxylic acids is 2. The molecule has 0 spiro atoms. The molecule has 6 heteroatoms. The van der Waals surface area contributed by atoms with E-state index in [-0.39, 0.29) is 11.8 Å². The first kappa shape index (κ1) is 13.7. The van der Waals surface area contributed by atoms with Gasteiger partial charge in [-0.05, 0) is 57.9 Å². The molecule has 4 aromatic rings. The topological polar surface area (TPSA) is 58.2 Å². The molecule has 0 saturated carbocycles. The van der Waals surface area contributed by atoms with E-state index in [4.69, 9.17) is 0 Å². The summed E-state index contributed by atoms with van der Waals surface area (Å²) in [6, 6.07) is 11.3. The number of hydrogen-bond donors (Lipinski definition) is 2. The Balaban J connectivity index is 1.73. The third-order valence-corrected chi connectivity index (χ3v) is 5.93. The van der Waals surface area contributed by atoms with Crippen LogP contribution >= 0.6 is 22.7 Å². The van der Waals surface area contributed by atoms with Gasteiger partial charge in [-0.3, -0.25) is 9.59 Å². The second kappa shape index (κ2) is 4.90. The number of amides is 2. The van der Waals surface area contributed by atoms with Crippen molar-refractivity contribution in [2.45, 2.75) is 0 Å². The van der Waals surface area contributed by atoms with Gasteiger partial charge in [0.25, 0.3) is 11.8 Å². The molecule has 3 heterocycles. The van der Waals surface area contributed by atoms with Gasteiger partial charge in [0, 0.05) is 9.40 Å². The summed E-state index contributed by atoms with van der Waals surface area (Å²) < 4.78 is 2.04. The number of hydrogen-bond acceptors (Lipinski definition) is 4. The predicted molar refractivity (Wildman–Crippen MR) is 99.6 cm³/mol. The third-order valence-electron chi connectivity index (χ3n) is 4.17. The van der Waals surface area contributed by atoms with E-state index >= 15 is 0 Å². The van der Waals surface area contributed by atoms with Crippen molar-refractivity contribution in [3.8, 4) is 0 Å². The first-order valence-corrected chi connectivity index (χ1v) is 9.10. The molecule has 116 valence electrons. The van der Waals surface area contributed by atoms with Gasteiger partial charge in [-0.1, -0.05) is 0 Å². The maximum Gasteiger partial charge on any atom is 0.257 e. The van der Waals surface area contributed by atoms with Crippen molar-refractivity contribution in [2.75, 3.05) is 10.6 Å². The lowest BCUT2D eigenvalue weighted by atomic mass is 10.0. The summed E-state index contributed by atoms with van der Waals surface area (Å²) in [5, 5.41) is 11.8. The normalized spacial score (nSPS) is 13.8. The fraction of sp³-hybridized carbons (Fsp3) is 0. The Kier molecular flexibility index (Phi) is 2.80. The van der Waals surface area contributed by atoms with Gasteiger partial charge in [0.2, 0.25) is 0 Å². The second-order valence-electron chi connectivity index (χ2n) is 5.62. The molecule has 1 aliphatic rings. The zero-order chi connectivity index (χ0) is 16.3. The summed E-state index contributed by atoms with van der Waals surface area (Å²) in [6.07, 6.45) is 0. The van der Waals surface area contributed by atoms with Crippen molar-refractivity contribution in [3.05, 3.63) is 58.3 Å². The van der Waals surface area contributed by atoms with Crippen molar-refractivity contribution in [2.24, 2.45) is 0 Å². The van der Waals surface area contributed by atoms with Gasteiger partial charge in [-0.25, -0.2) is 0 Å². The van der Waals surface area contributed by atoms with Gasteiger partial charge in [-0.2, -0.15) is 0 Å². The zero-order valence-electron chi connectivity index (χ0n) is 12.3. The Morgan fingerprint density at radius 2 is 1.12 bits per heavy atom. The van der Waals surface area contributed by atoms with Crippen LogP contribution in [0.1, 0.15) is 20.7 Å². The van der Waals surface area contributed by atoms with Gasteiger partial charge in [-0.15, -0.1) is 22.7 Å². The van der Waals surface area contributed by atoms with Crippen LogP contribution in [0.25, 0.3) is 20.2 Å². The van der Waals surface area contributed by atoms with Gasteiger partial charge < -0.3 is 10.6 Å². The van der Waals surface area contributed by atoms with Crippen LogP contribution in [0.5, 0.6) is 0 Å². The molecular formula is C18H10N2O2S2. The number of nitrogens with one attached hydrogen (secondary N) is 2. The predicted octanol–water partition coefficient (Wildman–Crippen LogP) is 4.93. The highest BCUT2D eigenvalue weighted by molar-refractivity contribution is 7.17. The van der Waals surface area contributed by atoms with E-state index in [0.29, 0.717) is 22.5 Å². The minimum Gasteiger partial charge on any atom is -0.321 e. The summed E-state index contributed by atoms with van der Waals surface area (Å²) in [4.78, 5) is 25.4. The maximum atomic E-state index is 12.7. The van der Waals surface area contributed by atoms with Crippen molar-refractivity contribution in [1.82, 2.24) is 0 Å². The van der Waals surface area contributed by atoms with E-state index in [1.54, 1.807) is 22.7 Å². The molecule has 2 N–H and O–H groups in total. The molecule has 0 unspecified atom stereocenters. The van der Waals surface area contributed by atoms with Crippen LogP contribution in [0.2, 0.25) is 0 Å². The lowest BCUT2D eigenvalue weighted by Crippen LogP contribution is -2.24. The summed E-state index contributed by atoms with van der Waals surface area (Å²) >= 11 is 3.14. The quantitative estimate of drug-likeness (QED) is 0.472. The molecule has 1 aliphatic heterocycles. The number of fused-ring (bicyclic) bond motifs is 4. The average molecular weight is 350 g/mol. The van der Waals surface area contributed by atoms with E-state index in [0.717, 1.165) is 20.2 Å². The minimum absolute atomic E-state index is 0.212. The lowest BCUT2D eigenvalue weighted by molar-refractivity contribution is 0.102. The molecule has 24 heavy (non-hydrogen) atoms. The van der Waals surface area contributed by atoms with Gasteiger partial charge in [0.15, 0.2) is 0 Å². The minimum atomic E-state index is -0.212. The van der Waals surface area contributed by atoms with Crippen molar-refractivity contribution >= 4 is 66.0 Å². The van der Waals surface area contributed by atoms with Gasteiger partial charge in [0.1, 0.15) is 0 Å². The van der Waals surface area contributed by atoms with Gasteiger partial charge in [0.05, 0.1) is 22.5 Å². The summed E-state index contributed by atoms with van der Waals surface area (Å²) in [5.41, 5.74) is 2.05. The largest absolute Gasteiger partial charge is 0.321 e. The molecule has 2 amide bonds. The second-order valence-corrected chi connectivity index (χ2v) is 7.52. The number of benzene rings is 2. The molecule has 0 radical (unpaired) electrons. The van der Waals surface area contributed by atoms with E-state index in [2.05, 4.69) is 10.6 Å². The Labute approximate surface area is 144 Å². The lowest BCUT2D eigenvalue weighted by Gasteiger charge is -2.18. The molecule has 2 aromatic carbocycles. The standard InChI is InChI=1S/C18H10N2O2S2/c21-17-11-7-15-9(1-3-23-15)5-13(11)19-18(22)12-8-16-10(2-4-24-16)6-14(12)20-17/h1-8H,(H,19,22)(H,20,21). The first-order chi connectivity index (χ1) is 11.7. The van der Waals surface area contributed by atoms with Crippen LogP contribution in [0.15, 0.2) is 47.2 Å². The van der Waals surface area contributed by atoms with E-state index in [1.165, 1.54) is 0 Å². The SMILES string of the molecule is O=C1Nc2cc3ccsc3cc2C(=O)Nc2cc3ccsc3cc21. The molecule has 0 fully saturated rings. The third kappa shape index (κ3) is 1.97.